The average molecular weight is 302 g/mol. The quantitative estimate of drug-likeness (QED) is 0.731. The summed E-state index contributed by atoms with van der Waals surface area (Å²) in [5.74, 6) is -1.28. The van der Waals surface area contributed by atoms with Gasteiger partial charge in [0.25, 0.3) is 0 Å². The van der Waals surface area contributed by atoms with Gasteiger partial charge in [-0.3, -0.25) is 4.79 Å². The van der Waals surface area contributed by atoms with Crippen molar-refractivity contribution in [2.45, 2.75) is 13.5 Å². The van der Waals surface area contributed by atoms with Crippen LogP contribution >= 0.6 is 0 Å². The summed E-state index contributed by atoms with van der Waals surface area (Å²) in [4.78, 5) is 28.3. The highest BCUT2D eigenvalue weighted by atomic mass is 16.5. The third kappa shape index (κ3) is 2.63. The zero-order valence-corrected chi connectivity index (χ0v) is 12.4. The minimum Gasteiger partial charge on any atom is -0.545 e. The van der Waals surface area contributed by atoms with Gasteiger partial charge in [-0.15, -0.1) is 0 Å². The molecule has 0 amide bonds. The number of aromatic carboxylic acids is 1. The second-order valence-corrected chi connectivity index (χ2v) is 5.61. The Labute approximate surface area is 127 Å². The molecule has 1 aliphatic rings. The summed E-state index contributed by atoms with van der Waals surface area (Å²) in [5.41, 5.74) is 1.67. The molecule has 2 N–H and O–H groups in total. The number of nitrogens with one attached hydrogen (secondary N) is 2. The molecule has 1 fully saturated rings. The van der Waals surface area contributed by atoms with Crippen LogP contribution in [0.5, 0.6) is 0 Å². The molecule has 6 nitrogen and oxygen atoms in total. The van der Waals surface area contributed by atoms with Crippen LogP contribution in [0, 0.1) is 6.92 Å². The summed E-state index contributed by atoms with van der Waals surface area (Å²) in [6.45, 7) is 5.58. The molecule has 0 aliphatic carbocycles. The minimum atomic E-state index is -1.28. The number of fused-ring (bicyclic) bond motifs is 1. The van der Waals surface area contributed by atoms with Crippen LogP contribution in [0.2, 0.25) is 0 Å². The zero-order chi connectivity index (χ0) is 15.7. The molecule has 1 aliphatic heterocycles. The molecule has 22 heavy (non-hydrogen) atoms. The molecular formula is C16H18N2O4. The molecule has 2 aromatic rings. The van der Waals surface area contributed by atoms with Crippen LogP contribution in [0.1, 0.15) is 21.6 Å². The Kier molecular flexibility index (Phi) is 3.96. The molecule has 1 aromatic heterocycles. The number of pyridine rings is 1. The first-order chi connectivity index (χ1) is 10.6. The monoisotopic (exact) mass is 302 g/mol. The van der Waals surface area contributed by atoms with E-state index < -0.39 is 5.97 Å². The van der Waals surface area contributed by atoms with Gasteiger partial charge in [-0.05, 0) is 13.0 Å². The first kappa shape index (κ1) is 14.7. The lowest BCUT2D eigenvalue weighted by Gasteiger charge is -2.24. The van der Waals surface area contributed by atoms with Crippen LogP contribution in [0.3, 0.4) is 0 Å². The van der Waals surface area contributed by atoms with E-state index in [1.807, 2.05) is 6.92 Å². The van der Waals surface area contributed by atoms with Crippen molar-refractivity contribution in [2.24, 2.45) is 0 Å². The number of hydrogen-bond acceptors (Lipinski definition) is 4. The van der Waals surface area contributed by atoms with Crippen LogP contribution in [-0.4, -0.2) is 37.3 Å². The molecule has 1 saturated heterocycles. The van der Waals surface area contributed by atoms with Crippen molar-refractivity contribution in [1.29, 1.82) is 0 Å². The van der Waals surface area contributed by atoms with Gasteiger partial charge in [0.15, 0.2) is 5.43 Å². The lowest BCUT2D eigenvalue weighted by atomic mass is 10.0. The highest BCUT2D eigenvalue weighted by molar-refractivity contribution is 6.00. The highest BCUT2D eigenvalue weighted by Gasteiger charge is 2.19. The van der Waals surface area contributed by atoms with Gasteiger partial charge in [-0.2, -0.15) is 0 Å². The van der Waals surface area contributed by atoms with Crippen LogP contribution in [0.4, 0.5) is 0 Å². The normalized spacial score (nSPS) is 16.0. The maximum absolute atomic E-state index is 12.7. The molecule has 0 spiro atoms. The Hall–Kier alpha value is -2.18. The SMILES string of the molecule is Cc1[nH]c2c(C(=O)[O-])cccc2c(=O)c1C[NH+]1CCOCC1. The summed E-state index contributed by atoms with van der Waals surface area (Å²) >= 11 is 0. The fourth-order valence-corrected chi connectivity index (χ4v) is 2.94. The molecule has 0 radical (unpaired) electrons. The number of hydrogen-bond donors (Lipinski definition) is 2. The Balaban J connectivity index is 2.08. The third-order valence-corrected chi connectivity index (χ3v) is 4.19. The number of aromatic amines is 1. The number of para-hydroxylation sites is 1. The largest absolute Gasteiger partial charge is 0.545 e. The Morgan fingerprint density at radius 1 is 1.36 bits per heavy atom. The zero-order valence-electron chi connectivity index (χ0n) is 12.4. The molecule has 3 rings (SSSR count). The Bertz CT molecular complexity index is 776. The van der Waals surface area contributed by atoms with Crippen LogP contribution in [-0.2, 0) is 11.3 Å². The van der Waals surface area contributed by atoms with Crippen LogP contribution in [0.25, 0.3) is 10.9 Å². The second-order valence-electron chi connectivity index (χ2n) is 5.61. The van der Waals surface area contributed by atoms with E-state index in [4.69, 9.17) is 4.74 Å². The summed E-state index contributed by atoms with van der Waals surface area (Å²) in [5, 5.41) is 11.6. The second kappa shape index (κ2) is 5.90. The number of carboxylic acids is 1. The van der Waals surface area contributed by atoms with Crippen molar-refractivity contribution < 1.29 is 19.5 Å². The van der Waals surface area contributed by atoms with Crippen LogP contribution < -0.4 is 15.4 Å². The molecular weight excluding hydrogens is 284 g/mol. The predicted molar refractivity (Wildman–Crippen MR) is 78.9 cm³/mol. The maximum atomic E-state index is 12.7. The maximum Gasteiger partial charge on any atom is 0.198 e. The number of H-pyrrole nitrogens is 1. The van der Waals surface area contributed by atoms with Crippen molar-refractivity contribution in [3.8, 4) is 0 Å². The topological polar surface area (TPSA) is 86.7 Å². The van der Waals surface area contributed by atoms with Crippen molar-refractivity contribution in [2.75, 3.05) is 26.3 Å². The predicted octanol–water partition coefficient (Wildman–Crippen LogP) is -1.38. The smallest absolute Gasteiger partial charge is 0.198 e. The number of aromatic nitrogens is 1. The van der Waals surface area contributed by atoms with E-state index in [9.17, 15) is 14.7 Å². The van der Waals surface area contributed by atoms with E-state index in [2.05, 4.69) is 4.98 Å². The molecule has 0 saturated carbocycles. The minimum absolute atomic E-state index is 0.0166. The lowest BCUT2D eigenvalue weighted by molar-refractivity contribution is -0.921. The van der Waals surface area contributed by atoms with E-state index in [0.717, 1.165) is 13.1 Å². The standard InChI is InChI=1S/C16H18N2O4/c1-10-13(9-18-5-7-22-8-6-18)15(19)11-3-2-4-12(16(20)21)14(11)17-10/h2-4H,5-9H2,1H3,(H,17,19)(H,20,21). The molecule has 2 heterocycles. The first-order valence-corrected chi connectivity index (χ1v) is 7.35. The molecule has 0 unspecified atom stereocenters. The molecule has 1 aromatic carbocycles. The summed E-state index contributed by atoms with van der Waals surface area (Å²) in [6.07, 6.45) is 0. The van der Waals surface area contributed by atoms with E-state index in [1.165, 1.54) is 11.0 Å². The number of morpholine rings is 1. The van der Waals surface area contributed by atoms with E-state index in [0.29, 0.717) is 41.9 Å². The molecule has 0 atom stereocenters. The average Bonchev–Trinajstić information content (AvgIpc) is 2.52. The first-order valence-electron chi connectivity index (χ1n) is 7.35. The number of carbonyl (C=O) groups excluding carboxylic acids is 1. The number of benzene rings is 1. The van der Waals surface area contributed by atoms with Crippen molar-refractivity contribution in [3.05, 3.63) is 45.2 Å². The molecule has 6 heteroatoms. The number of carboxylic acid groups (broad SMARTS) is 1. The van der Waals surface area contributed by atoms with Gasteiger partial charge >= 0.3 is 0 Å². The van der Waals surface area contributed by atoms with E-state index in [-0.39, 0.29) is 11.0 Å². The number of ether oxygens (including phenoxy) is 1. The molecule has 116 valence electrons. The van der Waals surface area contributed by atoms with Crippen LogP contribution in [0.15, 0.2) is 23.0 Å². The summed E-state index contributed by atoms with van der Waals surface area (Å²) in [6, 6.07) is 4.67. The van der Waals surface area contributed by atoms with E-state index >= 15 is 0 Å². The van der Waals surface area contributed by atoms with Gasteiger partial charge in [0.05, 0.1) is 30.3 Å². The fourth-order valence-electron chi connectivity index (χ4n) is 2.94. The number of aryl methyl sites for hydroxylation is 1. The summed E-state index contributed by atoms with van der Waals surface area (Å²) in [7, 11) is 0. The Morgan fingerprint density at radius 2 is 2.09 bits per heavy atom. The Morgan fingerprint density at radius 3 is 2.77 bits per heavy atom. The van der Waals surface area contributed by atoms with Crippen molar-refractivity contribution in [3.63, 3.8) is 0 Å². The molecule has 0 bridgehead atoms. The van der Waals surface area contributed by atoms with Gasteiger partial charge in [-0.25, -0.2) is 0 Å². The van der Waals surface area contributed by atoms with Crippen molar-refractivity contribution in [1.82, 2.24) is 4.98 Å². The van der Waals surface area contributed by atoms with Gasteiger partial charge in [0.2, 0.25) is 0 Å². The number of carbonyl (C=O) groups is 1. The number of rotatable bonds is 3. The van der Waals surface area contributed by atoms with Gasteiger partial charge in [-0.1, -0.05) is 12.1 Å². The van der Waals surface area contributed by atoms with Gasteiger partial charge in [0, 0.05) is 16.6 Å². The highest BCUT2D eigenvalue weighted by Crippen LogP contribution is 2.15. The van der Waals surface area contributed by atoms with Gasteiger partial charge in [0.1, 0.15) is 19.6 Å². The lowest BCUT2D eigenvalue weighted by Crippen LogP contribution is -3.13. The summed E-state index contributed by atoms with van der Waals surface area (Å²) < 4.78 is 5.33. The van der Waals surface area contributed by atoms with Gasteiger partial charge < -0.3 is 24.5 Å². The number of quaternary nitrogens is 1. The third-order valence-electron chi connectivity index (χ3n) is 4.19. The van der Waals surface area contributed by atoms with Crippen molar-refractivity contribution >= 4 is 16.9 Å². The fraction of sp³-hybridized carbons (Fsp3) is 0.375. The van der Waals surface area contributed by atoms with E-state index in [1.54, 1.807) is 12.1 Å².